The topological polar surface area (TPSA) is 89.4 Å². The molecule has 2 N–H and O–H groups in total. The van der Waals surface area contributed by atoms with Crippen LogP contribution < -0.4 is 5.73 Å². The predicted molar refractivity (Wildman–Crippen MR) is 59.1 cm³/mol. The molecule has 1 aliphatic heterocycles. The van der Waals surface area contributed by atoms with E-state index in [1.165, 1.54) is 6.20 Å². The molecule has 0 saturated carbocycles. The van der Waals surface area contributed by atoms with E-state index in [9.17, 15) is 9.59 Å². The third-order valence-electron chi connectivity index (χ3n) is 3.02. The Hall–Kier alpha value is -1.85. The number of hydrogen-bond donors (Lipinski definition) is 1. The number of hydrogen-bond acceptors (Lipinski definition) is 4. The van der Waals surface area contributed by atoms with Gasteiger partial charge in [-0.05, 0) is 12.8 Å². The average Bonchev–Trinajstić information content (AvgIpc) is 2.75. The van der Waals surface area contributed by atoms with Gasteiger partial charge >= 0.3 is 0 Å². The van der Waals surface area contributed by atoms with E-state index in [-0.39, 0.29) is 23.5 Å². The standard InChI is InChI=1S/C11H15N3O3/c1-7-13-6-9(17-7)11(16)14-4-2-8(3-5-14)10(12)15/h6,8H,2-5H2,1H3,(H2,12,15). The minimum atomic E-state index is -0.285. The summed E-state index contributed by atoms with van der Waals surface area (Å²) < 4.78 is 5.18. The monoisotopic (exact) mass is 237 g/mol. The van der Waals surface area contributed by atoms with Gasteiger partial charge in [0, 0.05) is 25.9 Å². The zero-order valence-corrected chi connectivity index (χ0v) is 9.68. The zero-order chi connectivity index (χ0) is 12.4. The number of piperidine rings is 1. The molecule has 1 aromatic rings. The lowest BCUT2D eigenvalue weighted by Gasteiger charge is -2.29. The minimum Gasteiger partial charge on any atom is -0.436 e. The third kappa shape index (κ3) is 2.46. The van der Waals surface area contributed by atoms with Gasteiger partial charge in [0.15, 0.2) is 5.89 Å². The molecule has 6 nitrogen and oxygen atoms in total. The number of amides is 2. The van der Waals surface area contributed by atoms with Crippen LogP contribution in [0.4, 0.5) is 0 Å². The number of aromatic nitrogens is 1. The van der Waals surface area contributed by atoms with Crippen molar-refractivity contribution in [2.24, 2.45) is 11.7 Å². The molecule has 1 saturated heterocycles. The van der Waals surface area contributed by atoms with Crippen molar-refractivity contribution in [1.82, 2.24) is 9.88 Å². The molecule has 0 spiro atoms. The first-order chi connectivity index (χ1) is 8.08. The Bertz CT molecular complexity index is 433. The van der Waals surface area contributed by atoms with Crippen molar-refractivity contribution in [1.29, 1.82) is 0 Å². The summed E-state index contributed by atoms with van der Waals surface area (Å²) in [5.74, 6) is 0.150. The van der Waals surface area contributed by atoms with E-state index in [0.29, 0.717) is 31.8 Å². The first kappa shape index (κ1) is 11.6. The number of rotatable bonds is 2. The van der Waals surface area contributed by atoms with Crippen LogP contribution in [-0.4, -0.2) is 34.8 Å². The summed E-state index contributed by atoms with van der Waals surface area (Å²) in [5, 5.41) is 0. The first-order valence-electron chi connectivity index (χ1n) is 5.59. The molecule has 0 bridgehead atoms. The largest absolute Gasteiger partial charge is 0.436 e. The second-order valence-electron chi connectivity index (χ2n) is 4.21. The van der Waals surface area contributed by atoms with Gasteiger partial charge in [-0.1, -0.05) is 0 Å². The van der Waals surface area contributed by atoms with Gasteiger partial charge in [-0.25, -0.2) is 4.98 Å². The van der Waals surface area contributed by atoms with Crippen LogP contribution in [0.25, 0.3) is 0 Å². The molecule has 2 heterocycles. The normalized spacial score (nSPS) is 17.1. The van der Waals surface area contributed by atoms with E-state index in [4.69, 9.17) is 10.2 Å². The Balaban J connectivity index is 1.97. The number of carbonyl (C=O) groups excluding carboxylic acids is 2. The van der Waals surface area contributed by atoms with Crippen LogP contribution in [0.2, 0.25) is 0 Å². The molecule has 6 heteroatoms. The van der Waals surface area contributed by atoms with Crippen LogP contribution in [0, 0.1) is 12.8 Å². The van der Waals surface area contributed by atoms with Gasteiger partial charge in [0.1, 0.15) is 0 Å². The third-order valence-corrected chi connectivity index (χ3v) is 3.02. The van der Waals surface area contributed by atoms with Gasteiger partial charge < -0.3 is 15.1 Å². The summed E-state index contributed by atoms with van der Waals surface area (Å²) in [6, 6.07) is 0. The highest BCUT2D eigenvalue weighted by Crippen LogP contribution is 2.18. The second kappa shape index (κ2) is 4.57. The lowest BCUT2D eigenvalue weighted by atomic mass is 9.96. The van der Waals surface area contributed by atoms with Crippen LogP contribution in [-0.2, 0) is 4.79 Å². The Morgan fingerprint density at radius 3 is 2.59 bits per heavy atom. The molecule has 92 valence electrons. The second-order valence-corrected chi connectivity index (χ2v) is 4.21. The van der Waals surface area contributed by atoms with E-state index in [1.807, 2.05) is 0 Å². The van der Waals surface area contributed by atoms with Crippen LogP contribution in [0.15, 0.2) is 10.6 Å². The molecular weight excluding hydrogens is 222 g/mol. The minimum absolute atomic E-state index is 0.115. The van der Waals surface area contributed by atoms with E-state index in [0.717, 1.165) is 0 Å². The highest BCUT2D eigenvalue weighted by Gasteiger charge is 2.27. The predicted octanol–water partition coefficient (Wildman–Crippen LogP) is 0.321. The maximum atomic E-state index is 12.0. The van der Waals surface area contributed by atoms with Crippen molar-refractivity contribution in [3.8, 4) is 0 Å². The Morgan fingerprint density at radius 2 is 2.12 bits per heavy atom. The number of carbonyl (C=O) groups is 2. The van der Waals surface area contributed by atoms with Crippen LogP contribution in [0.1, 0.15) is 29.3 Å². The number of nitrogens with two attached hydrogens (primary N) is 1. The van der Waals surface area contributed by atoms with E-state index in [2.05, 4.69) is 4.98 Å². The van der Waals surface area contributed by atoms with Crippen molar-refractivity contribution >= 4 is 11.8 Å². The molecule has 0 aromatic carbocycles. The van der Waals surface area contributed by atoms with Gasteiger partial charge in [0.05, 0.1) is 6.20 Å². The van der Waals surface area contributed by atoms with Gasteiger partial charge in [-0.2, -0.15) is 0 Å². The van der Waals surface area contributed by atoms with Gasteiger partial charge in [0.2, 0.25) is 11.7 Å². The highest BCUT2D eigenvalue weighted by atomic mass is 16.4. The lowest BCUT2D eigenvalue weighted by molar-refractivity contribution is -0.123. The Kier molecular flexibility index (Phi) is 3.12. The fourth-order valence-corrected chi connectivity index (χ4v) is 1.98. The summed E-state index contributed by atoms with van der Waals surface area (Å²) in [5.41, 5.74) is 5.23. The molecule has 1 aliphatic rings. The molecule has 1 fully saturated rings. The number of nitrogens with zero attached hydrogens (tertiary/aromatic N) is 2. The smallest absolute Gasteiger partial charge is 0.291 e. The van der Waals surface area contributed by atoms with Gasteiger partial charge in [-0.3, -0.25) is 9.59 Å². The van der Waals surface area contributed by atoms with Crippen molar-refractivity contribution in [3.05, 3.63) is 17.8 Å². The SMILES string of the molecule is Cc1ncc(C(=O)N2CCC(C(N)=O)CC2)o1. The van der Waals surface area contributed by atoms with Crippen molar-refractivity contribution in [3.63, 3.8) is 0 Å². The van der Waals surface area contributed by atoms with Crippen LogP contribution >= 0.6 is 0 Å². The van der Waals surface area contributed by atoms with E-state index < -0.39 is 0 Å². The Labute approximate surface area is 98.8 Å². The molecule has 0 unspecified atom stereocenters. The average molecular weight is 237 g/mol. The number of aryl methyl sites for hydroxylation is 1. The molecule has 1 aromatic heterocycles. The molecule has 2 rings (SSSR count). The quantitative estimate of drug-likeness (QED) is 0.802. The Morgan fingerprint density at radius 1 is 1.47 bits per heavy atom. The van der Waals surface area contributed by atoms with Gasteiger partial charge in [0.25, 0.3) is 5.91 Å². The van der Waals surface area contributed by atoms with E-state index in [1.54, 1.807) is 11.8 Å². The summed E-state index contributed by atoms with van der Waals surface area (Å²) in [7, 11) is 0. The maximum Gasteiger partial charge on any atom is 0.291 e. The number of primary amides is 1. The van der Waals surface area contributed by atoms with E-state index >= 15 is 0 Å². The fraction of sp³-hybridized carbons (Fsp3) is 0.545. The number of oxazole rings is 1. The van der Waals surface area contributed by atoms with Crippen molar-refractivity contribution in [2.45, 2.75) is 19.8 Å². The number of likely N-dealkylation sites (tertiary alicyclic amines) is 1. The zero-order valence-electron chi connectivity index (χ0n) is 9.68. The lowest BCUT2D eigenvalue weighted by Crippen LogP contribution is -2.41. The molecule has 2 amide bonds. The maximum absolute atomic E-state index is 12.0. The van der Waals surface area contributed by atoms with Crippen LogP contribution in [0.3, 0.4) is 0 Å². The molecule has 0 atom stereocenters. The molecular formula is C11H15N3O3. The first-order valence-corrected chi connectivity index (χ1v) is 5.59. The summed E-state index contributed by atoms with van der Waals surface area (Å²) >= 11 is 0. The molecule has 17 heavy (non-hydrogen) atoms. The summed E-state index contributed by atoms with van der Waals surface area (Å²) in [6.07, 6.45) is 2.67. The van der Waals surface area contributed by atoms with Crippen molar-refractivity contribution < 1.29 is 14.0 Å². The highest BCUT2D eigenvalue weighted by molar-refractivity contribution is 5.91. The van der Waals surface area contributed by atoms with Crippen LogP contribution in [0.5, 0.6) is 0 Å². The molecule has 0 aliphatic carbocycles. The fourth-order valence-electron chi connectivity index (χ4n) is 1.98. The summed E-state index contributed by atoms with van der Waals surface area (Å²) in [6.45, 7) is 2.76. The van der Waals surface area contributed by atoms with Crippen molar-refractivity contribution in [2.75, 3.05) is 13.1 Å². The summed E-state index contributed by atoms with van der Waals surface area (Å²) in [4.78, 5) is 28.5. The van der Waals surface area contributed by atoms with Gasteiger partial charge in [-0.15, -0.1) is 0 Å². The molecule has 0 radical (unpaired) electrons.